The van der Waals surface area contributed by atoms with E-state index in [1.54, 1.807) is 0 Å². The van der Waals surface area contributed by atoms with Crippen molar-refractivity contribution in [3.05, 3.63) is 0 Å². The van der Waals surface area contributed by atoms with Crippen molar-refractivity contribution < 1.29 is 5.11 Å². The zero-order valence-corrected chi connectivity index (χ0v) is 10.6. The van der Waals surface area contributed by atoms with Crippen molar-refractivity contribution in [1.29, 1.82) is 0 Å². The Labute approximate surface area is 94.7 Å². The monoisotopic (exact) mass is 213 g/mol. The minimum absolute atomic E-state index is 0.150. The number of likely N-dealkylation sites (tertiary alicyclic amines) is 1. The van der Waals surface area contributed by atoms with Gasteiger partial charge in [0, 0.05) is 6.04 Å². The van der Waals surface area contributed by atoms with E-state index in [0.29, 0.717) is 6.04 Å². The smallest absolute Gasteiger partial charge is 0.0690 e. The van der Waals surface area contributed by atoms with Gasteiger partial charge >= 0.3 is 0 Å². The fraction of sp³-hybridized carbons (Fsp3) is 1.00. The lowest BCUT2D eigenvalue weighted by Gasteiger charge is -2.30. The maximum absolute atomic E-state index is 9.85. The maximum atomic E-state index is 9.85. The molecule has 3 atom stereocenters. The second kappa shape index (κ2) is 6.49. The first-order valence-corrected chi connectivity index (χ1v) is 6.61. The molecular formula is C13H27NO. The SMILES string of the molecule is CCC1CCCN(C(C)C(O)CC)CC1. The van der Waals surface area contributed by atoms with Crippen molar-refractivity contribution in [3.63, 3.8) is 0 Å². The first-order chi connectivity index (χ1) is 7.19. The van der Waals surface area contributed by atoms with Gasteiger partial charge in [-0.25, -0.2) is 0 Å². The number of hydrogen-bond donors (Lipinski definition) is 1. The van der Waals surface area contributed by atoms with Crippen molar-refractivity contribution in [1.82, 2.24) is 4.90 Å². The molecule has 2 heteroatoms. The molecule has 2 nitrogen and oxygen atoms in total. The molecule has 1 rings (SSSR count). The quantitative estimate of drug-likeness (QED) is 0.776. The molecule has 0 spiro atoms. The van der Waals surface area contributed by atoms with E-state index in [1.165, 1.54) is 38.8 Å². The first-order valence-electron chi connectivity index (χ1n) is 6.61. The van der Waals surface area contributed by atoms with Crippen LogP contribution in [0.4, 0.5) is 0 Å². The van der Waals surface area contributed by atoms with Crippen LogP contribution in [0, 0.1) is 5.92 Å². The largest absolute Gasteiger partial charge is 0.392 e. The van der Waals surface area contributed by atoms with Gasteiger partial charge in [0.15, 0.2) is 0 Å². The van der Waals surface area contributed by atoms with Crippen molar-refractivity contribution in [2.75, 3.05) is 13.1 Å². The van der Waals surface area contributed by atoms with Gasteiger partial charge in [-0.05, 0) is 51.6 Å². The molecule has 15 heavy (non-hydrogen) atoms. The Bertz CT molecular complexity index is 172. The van der Waals surface area contributed by atoms with Crippen LogP contribution in [0.3, 0.4) is 0 Å². The molecule has 1 fully saturated rings. The molecule has 90 valence electrons. The van der Waals surface area contributed by atoms with E-state index in [4.69, 9.17) is 0 Å². The molecule has 1 aliphatic rings. The van der Waals surface area contributed by atoms with Crippen molar-refractivity contribution in [3.8, 4) is 0 Å². The highest BCUT2D eigenvalue weighted by molar-refractivity contribution is 4.77. The highest BCUT2D eigenvalue weighted by Gasteiger charge is 2.23. The molecule has 1 saturated heterocycles. The average molecular weight is 213 g/mol. The van der Waals surface area contributed by atoms with E-state index in [1.807, 2.05) is 0 Å². The van der Waals surface area contributed by atoms with Crippen LogP contribution < -0.4 is 0 Å². The standard InChI is InChI=1S/C13H27NO/c1-4-12-7-6-9-14(10-8-12)11(3)13(15)5-2/h11-13,15H,4-10H2,1-3H3. The minimum atomic E-state index is -0.150. The molecular weight excluding hydrogens is 186 g/mol. The number of aliphatic hydroxyl groups is 1. The van der Waals surface area contributed by atoms with E-state index in [0.717, 1.165) is 12.3 Å². The summed E-state index contributed by atoms with van der Waals surface area (Å²) in [7, 11) is 0. The van der Waals surface area contributed by atoms with Gasteiger partial charge in [0.2, 0.25) is 0 Å². The van der Waals surface area contributed by atoms with E-state index < -0.39 is 0 Å². The number of aliphatic hydroxyl groups excluding tert-OH is 1. The summed E-state index contributed by atoms with van der Waals surface area (Å²) in [6.45, 7) is 8.88. The summed E-state index contributed by atoms with van der Waals surface area (Å²) in [6, 6.07) is 0.339. The molecule has 0 amide bonds. The van der Waals surface area contributed by atoms with Gasteiger partial charge in [0.25, 0.3) is 0 Å². The van der Waals surface area contributed by atoms with Gasteiger partial charge in [-0.3, -0.25) is 4.90 Å². The normalized spacial score (nSPS) is 28.4. The van der Waals surface area contributed by atoms with Crippen molar-refractivity contribution >= 4 is 0 Å². The molecule has 0 radical (unpaired) electrons. The summed E-state index contributed by atoms with van der Waals surface area (Å²) in [5, 5.41) is 9.85. The number of nitrogens with zero attached hydrogens (tertiary/aromatic N) is 1. The van der Waals surface area contributed by atoms with Crippen LogP contribution in [0.15, 0.2) is 0 Å². The predicted octanol–water partition coefficient (Wildman–Crippen LogP) is 2.66. The molecule has 0 aromatic carbocycles. The molecule has 1 aliphatic heterocycles. The number of hydrogen-bond acceptors (Lipinski definition) is 2. The molecule has 0 saturated carbocycles. The van der Waals surface area contributed by atoms with Crippen molar-refractivity contribution in [2.45, 2.75) is 65.0 Å². The highest BCUT2D eigenvalue weighted by atomic mass is 16.3. The third kappa shape index (κ3) is 3.76. The van der Waals surface area contributed by atoms with Gasteiger partial charge in [-0.1, -0.05) is 20.3 Å². The Balaban J connectivity index is 2.42. The molecule has 0 aromatic rings. The molecule has 1 heterocycles. The third-order valence-corrected chi connectivity index (χ3v) is 4.01. The van der Waals surface area contributed by atoms with Crippen LogP contribution in [0.25, 0.3) is 0 Å². The lowest BCUT2D eigenvalue weighted by Crippen LogP contribution is -2.41. The first kappa shape index (κ1) is 13.0. The summed E-state index contributed by atoms with van der Waals surface area (Å²) in [6.07, 6.45) is 6.04. The van der Waals surface area contributed by atoms with Crippen LogP contribution >= 0.6 is 0 Å². The van der Waals surface area contributed by atoms with E-state index in [-0.39, 0.29) is 6.10 Å². The number of rotatable bonds is 4. The van der Waals surface area contributed by atoms with Crippen molar-refractivity contribution in [2.24, 2.45) is 5.92 Å². The predicted molar refractivity (Wildman–Crippen MR) is 65.0 cm³/mol. The molecule has 3 unspecified atom stereocenters. The fourth-order valence-corrected chi connectivity index (χ4v) is 2.59. The Morgan fingerprint density at radius 1 is 1.27 bits per heavy atom. The van der Waals surface area contributed by atoms with Crippen LogP contribution in [0.2, 0.25) is 0 Å². The zero-order valence-electron chi connectivity index (χ0n) is 10.6. The lowest BCUT2D eigenvalue weighted by atomic mass is 9.98. The van der Waals surface area contributed by atoms with E-state index in [2.05, 4.69) is 25.7 Å². The lowest BCUT2D eigenvalue weighted by molar-refractivity contribution is 0.0572. The molecule has 0 aromatic heterocycles. The van der Waals surface area contributed by atoms with Crippen LogP contribution in [-0.2, 0) is 0 Å². The molecule has 0 aliphatic carbocycles. The topological polar surface area (TPSA) is 23.5 Å². The summed E-state index contributed by atoms with van der Waals surface area (Å²) < 4.78 is 0. The summed E-state index contributed by atoms with van der Waals surface area (Å²) in [5.41, 5.74) is 0. The molecule has 1 N–H and O–H groups in total. The van der Waals surface area contributed by atoms with Gasteiger partial charge in [-0.15, -0.1) is 0 Å². The molecule has 0 bridgehead atoms. The summed E-state index contributed by atoms with van der Waals surface area (Å²) >= 11 is 0. The van der Waals surface area contributed by atoms with Crippen LogP contribution in [0.1, 0.15) is 52.9 Å². The average Bonchev–Trinajstić information content (AvgIpc) is 2.51. The zero-order chi connectivity index (χ0) is 11.3. The third-order valence-electron chi connectivity index (χ3n) is 4.01. The van der Waals surface area contributed by atoms with Gasteiger partial charge < -0.3 is 5.11 Å². The van der Waals surface area contributed by atoms with Gasteiger partial charge in [0.1, 0.15) is 0 Å². The Morgan fingerprint density at radius 3 is 2.60 bits per heavy atom. The maximum Gasteiger partial charge on any atom is 0.0690 e. The summed E-state index contributed by atoms with van der Waals surface area (Å²) in [4.78, 5) is 2.48. The highest BCUT2D eigenvalue weighted by Crippen LogP contribution is 2.22. The summed E-state index contributed by atoms with van der Waals surface area (Å²) in [5.74, 6) is 0.918. The Hall–Kier alpha value is -0.0800. The Kier molecular flexibility index (Phi) is 5.62. The second-order valence-corrected chi connectivity index (χ2v) is 4.96. The van der Waals surface area contributed by atoms with E-state index in [9.17, 15) is 5.11 Å². The van der Waals surface area contributed by atoms with Crippen LogP contribution in [-0.4, -0.2) is 35.2 Å². The van der Waals surface area contributed by atoms with E-state index >= 15 is 0 Å². The fourth-order valence-electron chi connectivity index (χ4n) is 2.59. The minimum Gasteiger partial charge on any atom is -0.392 e. The second-order valence-electron chi connectivity index (χ2n) is 4.96. The Morgan fingerprint density at radius 2 is 2.00 bits per heavy atom. The van der Waals surface area contributed by atoms with Gasteiger partial charge in [0.05, 0.1) is 6.10 Å². The van der Waals surface area contributed by atoms with Gasteiger partial charge in [-0.2, -0.15) is 0 Å². The van der Waals surface area contributed by atoms with Crippen LogP contribution in [0.5, 0.6) is 0 Å².